The number of piperazine rings is 1. The van der Waals surface area contributed by atoms with Gasteiger partial charge in [-0.3, -0.25) is 9.78 Å². The van der Waals surface area contributed by atoms with Crippen LogP contribution in [-0.4, -0.2) is 56.9 Å². The summed E-state index contributed by atoms with van der Waals surface area (Å²) in [5, 5.41) is 1.84. The lowest BCUT2D eigenvalue weighted by atomic mass is 10.0. The van der Waals surface area contributed by atoms with E-state index in [1.54, 1.807) is 29.9 Å². The van der Waals surface area contributed by atoms with Gasteiger partial charge < -0.3 is 9.80 Å². The van der Waals surface area contributed by atoms with Gasteiger partial charge in [0.1, 0.15) is 10.3 Å². The lowest BCUT2D eigenvalue weighted by molar-refractivity contribution is 0.0748. The number of carbonyl (C=O) groups excluding carboxylic acids is 1. The number of benzene rings is 1. The van der Waals surface area contributed by atoms with E-state index in [-0.39, 0.29) is 5.91 Å². The van der Waals surface area contributed by atoms with Gasteiger partial charge >= 0.3 is 0 Å². The number of anilines is 1. The van der Waals surface area contributed by atoms with Crippen molar-refractivity contribution in [2.75, 3.05) is 31.1 Å². The van der Waals surface area contributed by atoms with Crippen molar-refractivity contribution in [3.05, 3.63) is 78.8 Å². The van der Waals surface area contributed by atoms with E-state index in [0.717, 1.165) is 50.7 Å². The van der Waals surface area contributed by atoms with Crippen LogP contribution in [-0.2, 0) is 0 Å². The Balaban J connectivity index is 1.28. The fourth-order valence-electron chi connectivity index (χ4n) is 4.19. The van der Waals surface area contributed by atoms with Gasteiger partial charge in [-0.15, -0.1) is 0 Å². The van der Waals surface area contributed by atoms with Crippen molar-refractivity contribution in [3.63, 3.8) is 0 Å². The lowest BCUT2D eigenvalue weighted by Gasteiger charge is -2.34. The van der Waals surface area contributed by atoms with E-state index < -0.39 is 0 Å². The van der Waals surface area contributed by atoms with Crippen LogP contribution in [0.4, 0.5) is 5.13 Å². The van der Waals surface area contributed by atoms with Crippen LogP contribution in [0.2, 0.25) is 0 Å². The molecule has 0 aliphatic carbocycles. The molecule has 0 unspecified atom stereocenters. The number of aromatic nitrogens is 4. The van der Waals surface area contributed by atoms with Crippen LogP contribution in [0.5, 0.6) is 0 Å². The van der Waals surface area contributed by atoms with E-state index in [9.17, 15) is 4.79 Å². The number of thiazole rings is 1. The van der Waals surface area contributed by atoms with Crippen LogP contribution in [0.1, 0.15) is 10.4 Å². The van der Waals surface area contributed by atoms with Crippen LogP contribution in [0, 0.1) is 0 Å². The lowest BCUT2D eigenvalue weighted by Crippen LogP contribution is -2.48. The second-order valence-corrected chi connectivity index (χ2v) is 8.87. The first-order chi connectivity index (χ1) is 16.3. The number of carbonyl (C=O) groups is 1. The van der Waals surface area contributed by atoms with Crippen LogP contribution in [0.3, 0.4) is 0 Å². The molecule has 0 N–H and O–H groups in total. The van der Waals surface area contributed by atoms with Crippen LogP contribution in [0.15, 0.2) is 73.2 Å². The molecule has 6 rings (SSSR count). The van der Waals surface area contributed by atoms with Crippen molar-refractivity contribution in [1.82, 2.24) is 24.8 Å². The Morgan fingerprint density at radius 1 is 0.848 bits per heavy atom. The monoisotopic (exact) mass is 452 g/mol. The van der Waals surface area contributed by atoms with E-state index >= 15 is 0 Å². The number of nitrogens with zero attached hydrogens (tertiary/aromatic N) is 6. The van der Waals surface area contributed by atoms with Gasteiger partial charge in [-0.05, 0) is 36.4 Å². The molecule has 5 aromatic rings. The minimum absolute atomic E-state index is 0.0366. The quantitative estimate of drug-likeness (QED) is 0.407. The van der Waals surface area contributed by atoms with Gasteiger partial charge in [-0.1, -0.05) is 29.5 Å². The molecule has 1 aliphatic rings. The zero-order chi connectivity index (χ0) is 22.2. The highest BCUT2D eigenvalue weighted by atomic mass is 32.1. The van der Waals surface area contributed by atoms with Gasteiger partial charge in [0.25, 0.3) is 5.91 Å². The summed E-state index contributed by atoms with van der Waals surface area (Å²) in [5.41, 5.74) is 4.14. The Hall–Kier alpha value is -3.91. The normalized spacial score (nSPS) is 14.2. The maximum atomic E-state index is 13.6. The third-order valence-electron chi connectivity index (χ3n) is 5.92. The highest BCUT2D eigenvalue weighted by Gasteiger charge is 2.26. The van der Waals surface area contributed by atoms with Crippen LogP contribution < -0.4 is 4.90 Å². The summed E-state index contributed by atoms with van der Waals surface area (Å²) in [6.45, 7) is 2.77. The molecule has 7 nitrogen and oxygen atoms in total. The van der Waals surface area contributed by atoms with Gasteiger partial charge in [-0.2, -0.15) is 0 Å². The largest absolute Gasteiger partial charge is 0.344 e. The van der Waals surface area contributed by atoms with Crippen LogP contribution in [0.25, 0.3) is 32.5 Å². The second kappa shape index (κ2) is 8.22. The second-order valence-electron chi connectivity index (χ2n) is 7.91. The van der Waals surface area contributed by atoms with Crippen molar-refractivity contribution in [2.45, 2.75) is 0 Å². The van der Waals surface area contributed by atoms with Crippen molar-refractivity contribution in [2.24, 2.45) is 0 Å². The van der Waals surface area contributed by atoms with Gasteiger partial charge in [0.2, 0.25) is 0 Å². The molecular formula is C25H20N6OS. The van der Waals surface area contributed by atoms with Crippen molar-refractivity contribution < 1.29 is 4.79 Å². The maximum absolute atomic E-state index is 13.6. The molecule has 1 aliphatic heterocycles. The highest BCUT2D eigenvalue weighted by Crippen LogP contribution is 2.29. The van der Waals surface area contributed by atoms with E-state index in [4.69, 9.17) is 9.97 Å². The molecular weight excluding hydrogens is 432 g/mol. The molecule has 1 fully saturated rings. The molecule has 0 atom stereocenters. The number of hydrogen-bond acceptors (Lipinski definition) is 7. The molecule has 1 amide bonds. The summed E-state index contributed by atoms with van der Waals surface area (Å²) in [6.07, 6.45) is 5.27. The first-order valence-corrected chi connectivity index (χ1v) is 11.6. The van der Waals surface area contributed by atoms with Gasteiger partial charge in [0, 0.05) is 55.7 Å². The number of rotatable bonds is 3. The molecule has 1 saturated heterocycles. The summed E-state index contributed by atoms with van der Waals surface area (Å²) in [7, 11) is 0. The maximum Gasteiger partial charge on any atom is 0.254 e. The molecule has 162 valence electrons. The molecule has 4 aromatic heterocycles. The fourth-order valence-corrected chi connectivity index (χ4v) is 5.15. The standard InChI is InChI=1S/C25H20N6OS/c32-24(30-12-14-31(15-13-30)25-29-21-6-3-9-27-23(21)33-25)19-16-22(17-7-10-26-11-8-17)28-20-5-2-1-4-18(19)20/h1-11,16H,12-15H2. The van der Waals surface area contributed by atoms with E-state index in [1.165, 1.54) is 0 Å². The molecule has 8 heteroatoms. The van der Waals surface area contributed by atoms with Gasteiger partial charge in [0.05, 0.1) is 16.8 Å². The summed E-state index contributed by atoms with van der Waals surface area (Å²) in [6, 6.07) is 17.4. The highest BCUT2D eigenvalue weighted by molar-refractivity contribution is 7.21. The average Bonchev–Trinajstić information content (AvgIpc) is 3.33. The summed E-state index contributed by atoms with van der Waals surface area (Å²) in [5.74, 6) is 0.0366. The molecule has 5 heterocycles. The third-order valence-corrected chi connectivity index (χ3v) is 6.96. The summed E-state index contributed by atoms with van der Waals surface area (Å²) >= 11 is 1.60. The Bertz CT molecular complexity index is 1430. The molecule has 1 aromatic carbocycles. The molecule has 0 spiro atoms. The van der Waals surface area contributed by atoms with Crippen molar-refractivity contribution in [3.8, 4) is 11.3 Å². The number of pyridine rings is 3. The van der Waals surface area contributed by atoms with Gasteiger partial charge in [-0.25, -0.2) is 15.0 Å². The first kappa shape index (κ1) is 19.8. The predicted octanol–water partition coefficient (Wildman–Crippen LogP) is 4.26. The zero-order valence-electron chi connectivity index (χ0n) is 17.8. The smallest absolute Gasteiger partial charge is 0.254 e. The number of hydrogen-bond donors (Lipinski definition) is 0. The average molecular weight is 453 g/mol. The number of amides is 1. The number of para-hydroxylation sites is 1. The molecule has 0 saturated carbocycles. The Kier molecular flexibility index (Phi) is 4.92. The molecule has 33 heavy (non-hydrogen) atoms. The minimum atomic E-state index is 0.0366. The Morgan fingerprint density at radius 2 is 1.64 bits per heavy atom. The zero-order valence-corrected chi connectivity index (χ0v) is 18.6. The third kappa shape index (κ3) is 3.68. The van der Waals surface area contributed by atoms with E-state index in [1.807, 2.05) is 59.5 Å². The first-order valence-electron chi connectivity index (χ1n) is 10.8. The number of fused-ring (bicyclic) bond motifs is 2. The predicted molar refractivity (Wildman–Crippen MR) is 131 cm³/mol. The van der Waals surface area contributed by atoms with E-state index in [0.29, 0.717) is 18.7 Å². The molecule has 0 bridgehead atoms. The summed E-state index contributed by atoms with van der Waals surface area (Å²) < 4.78 is 0. The van der Waals surface area contributed by atoms with Crippen molar-refractivity contribution in [1.29, 1.82) is 0 Å². The van der Waals surface area contributed by atoms with Crippen LogP contribution >= 0.6 is 11.3 Å². The van der Waals surface area contributed by atoms with Crippen molar-refractivity contribution >= 4 is 43.6 Å². The Morgan fingerprint density at radius 3 is 2.45 bits per heavy atom. The summed E-state index contributed by atoms with van der Waals surface area (Å²) in [4.78, 5) is 36.7. The van der Waals surface area contributed by atoms with E-state index in [2.05, 4.69) is 14.9 Å². The van der Waals surface area contributed by atoms with Gasteiger partial charge in [0.15, 0.2) is 5.13 Å². The topological polar surface area (TPSA) is 75.1 Å². The fraction of sp³-hybridized carbons (Fsp3) is 0.160. The minimum Gasteiger partial charge on any atom is -0.344 e. The Labute approximate surface area is 194 Å². The SMILES string of the molecule is O=C(c1cc(-c2ccncc2)nc2ccccc12)N1CCN(c2nc3cccnc3s2)CC1. The molecule has 0 radical (unpaired) electrons.